The Balaban J connectivity index is 1.81. The van der Waals surface area contributed by atoms with Crippen molar-refractivity contribution < 1.29 is 13.7 Å². The molecule has 5 nitrogen and oxygen atoms in total. The van der Waals surface area contributed by atoms with Gasteiger partial charge in [-0.1, -0.05) is 0 Å². The number of hydrogen-bond acceptors (Lipinski definition) is 3. The summed E-state index contributed by atoms with van der Waals surface area (Å²) < 4.78 is 30.5. The molecule has 146 valence electrons. The van der Waals surface area contributed by atoms with Gasteiger partial charge in [-0.3, -0.25) is 4.79 Å². The average Bonchev–Trinajstić information content (AvgIpc) is 3.08. The number of aryl methyl sites for hydroxylation is 2. The first kappa shape index (κ1) is 19.9. The summed E-state index contributed by atoms with van der Waals surface area (Å²) in [4.78, 5) is 12.8. The van der Waals surface area contributed by atoms with Gasteiger partial charge in [0, 0.05) is 30.3 Å². The number of hydrogen-bond donors (Lipinski definition) is 2. The van der Waals surface area contributed by atoms with Gasteiger partial charge in [0.05, 0.1) is 6.04 Å². The van der Waals surface area contributed by atoms with Crippen LogP contribution in [0.4, 0.5) is 10.1 Å². The van der Waals surface area contributed by atoms with Gasteiger partial charge >= 0.3 is 0 Å². The molecular formula is C20H26FN3O2S. The molecule has 0 saturated heterocycles. The maximum Gasteiger partial charge on any atom is 0.272 e. The molecule has 0 radical (unpaired) electrons. The highest BCUT2D eigenvalue weighted by Crippen LogP contribution is 2.36. The van der Waals surface area contributed by atoms with Gasteiger partial charge < -0.3 is 14.4 Å². The summed E-state index contributed by atoms with van der Waals surface area (Å²) in [6.45, 7) is 7.46. The molecule has 0 aliphatic heterocycles. The number of fused-ring (bicyclic) bond motifs is 1. The van der Waals surface area contributed by atoms with E-state index in [1.54, 1.807) is 19.1 Å². The van der Waals surface area contributed by atoms with Crippen molar-refractivity contribution in [1.82, 2.24) is 9.29 Å². The lowest BCUT2D eigenvalue weighted by Gasteiger charge is -2.26. The summed E-state index contributed by atoms with van der Waals surface area (Å²) >= 11 is -1.17. The monoisotopic (exact) mass is 391 g/mol. The minimum Gasteiger partial charge on any atom is -0.598 e. The highest BCUT2D eigenvalue weighted by atomic mass is 32.2. The first-order valence-corrected chi connectivity index (χ1v) is 10.2. The molecule has 27 heavy (non-hydrogen) atoms. The quantitative estimate of drug-likeness (QED) is 0.780. The molecule has 0 fully saturated rings. The number of nitrogens with one attached hydrogen (secondary N) is 2. The fourth-order valence-electron chi connectivity index (χ4n) is 3.35. The number of anilines is 1. The highest BCUT2D eigenvalue weighted by molar-refractivity contribution is 7.90. The molecule has 0 unspecified atom stereocenters. The number of carbonyl (C=O) groups excluding carboxylic acids is 1. The third-order valence-electron chi connectivity index (χ3n) is 4.81. The SMILES string of the molecule is Cc1cc(NC(=O)c2c3c(cn2C)[C@H](N[S@+]([O-])C(C)(C)C)CC3)ccc1F. The van der Waals surface area contributed by atoms with E-state index in [9.17, 15) is 13.7 Å². The van der Waals surface area contributed by atoms with Crippen LogP contribution in [0.3, 0.4) is 0 Å². The summed E-state index contributed by atoms with van der Waals surface area (Å²) in [5.41, 5.74) is 3.65. The van der Waals surface area contributed by atoms with Gasteiger partial charge in [-0.2, -0.15) is 0 Å². The maximum absolute atomic E-state index is 13.4. The Kier molecular flexibility index (Phi) is 5.38. The van der Waals surface area contributed by atoms with Crippen LogP contribution in [0.2, 0.25) is 0 Å². The Labute approximate surface area is 162 Å². The minimum absolute atomic E-state index is 0.0270. The van der Waals surface area contributed by atoms with Crippen LogP contribution in [-0.4, -0.2) is 19.8 Å². The van der Waals surface area contributed by atoms with Crippen molar-refractivity contribution in [2.24, 2.45) is 7.05 Å². The number of nitrogens with zero attached hydrogens (tertiary/aromatic N) is 1. The molecule has 2 aromatic rings. The maximum atomic E-state index is 13.4. The van der Waals surface area contributed by atoms with Gasteiger partial charge in [0.25, 0.3) is 5.91 Å². The molecule has 2 N–H and O–H groups in total. The van der Waals surface area contributed by atoms with Gasteiger partial charge in [-0.25, -0.2) is 4.39 Å². The number of amides is 1. The van der Waals surface area contributed by atoms with E-state index in [1.165, 1.54) is 6.07 Å². The van der Waals surface area contributed by atoms with Crippen LogP contribution in [0, 0.1) is 12.7 Å². The van der Waals surface area contributed by atoms with E-state index >= 15 is 0 Å². The molecular weight excluding hydrogens is 365 g/mol. The van der Waals surface area contributed by atoms with E-state index in [4.69, 9.17) is 0 Å². The first-order valence-electron chi connectivity index (χ1n) is 9.01. The van der Waals surface area contributed by atoms with Crippen LogP contribution in [-0.2, 0) is 24.8 Å². The lowest BCUT2D eigenvalue weighted by molar-refractivity contribution is 0.101. The lowest BCUT2D eigenvalue weighted by atomic mass is 10.1. The Morgan fingerprint density at radius 2 is 2.07 bits per heavy atom. The molecule has 1 heterocycles. The zero-order chi connectivity index (χ0) is 19.9. The zero-order valence-corrected chi connectivity index (χ0v) is 17.2. The van der Waals surface area contributed by atoms with E-state index < -0.39 is 11.4 Å². The summed E-state index contributed by atoms with van der Waals surface area (Å²) in [5, 5.41) is 2.86. The van der Waals surface area contributed by atoms with Crippen LogP contribution in [0.5, 0.6) is 0 Å². The average molecular weight is 392 g/mol. The number of halogens is 1. The summed E-state index contributed by atoms with van der Waals surface area (Å²) in [6, 6.07) is 4.50. The van der Waals surface area contributed by atoms with Crippen molar-refractivity contribution in [3.05, 3.63) is 52.6 Å². The molecule has 0 saturated carbocycles. The van der Waals surface area contributed by atoms with Gasteiger partial charge in [0.2, 0.25) is 0 Å². The molecule has 1 aromatic heterocycles. The van der Waals surface area contributed by atoms with Crippen LogP contribution in [0.25, 0.3) is 0 Å². The highest BCUT2D eigenvalue weighted by Gasteiger charge is 2.36. The van der Waals surface area contributed by atoms with Crippen molar-refractivity contribution in [2.45, 2.75) is 51.3 Å². The molecule has 1 aliphatic rings. The molecule has 7 heteroatoms. The third-order valence-corrected chi connectivity index (χ3v) is 6.43. The smallest absolute Gasteiger partial charge is 0.272 e. The first-order chi connectivity index (χ1) is 12.6. The second-order valence-corrected chi connectivity index (χ2v) is 10.0. The summed E-state index contributed by atoms with van der Waals surface area (Å²) in [7, 11) is 1.83. The van der Waals surface area contributed by atoms with Gasteiger partial charge in [-0.05, 0) is 75.4 Å². The Bertz CT molecular complexity index is 873. The van der Waals surface area contributed by atoms with Crippen molar-refractivity contribution in [2.75, 3.05) is 5.32 Å². The second-order valence-electron chi connectivity index (χ2n) is 8.03. The fourth-order valence-corrected chi connectivity index (χ4v) is 4.20. The Morgan fingerprint density at radius 1 is 1.37 bits per heavy atom. The van der Waals surface area contributed by atoms with E-state index in [0.717, 1.165) is 24.0 Å². The van der Waals surface area contributed by atoms with Crippen LogP contribution in [0.1, 0.15) is 60.4 Å². The van der Waals surface area contributed by atoms with Crippen molar-refractivity contribution >= 4 is 23.0 Å². The second kappa shape index (κ2) is 7.30. The Morgan fingerprint density at radius 3 is 2.70 bits per heavy atom. The van der Waals surface area contributed by atoms with Gasteiger partial charge in [-0.15, -0.1) is 4.72 Å². The normalized spacial score (nSPS) is 17.7. The topological polar surface area (TPSA) is 69.1 Å². The van der Waals surface area contributed by atoms with E-state index in [1.807, 2.05) is 38.6 Å². The standard InChI is InChI=1S/C20H26FN3O2S/c1-12-10-13(6-8-16(12)21)22-19(25)18-14-7-9-17(15(14)11-24(18)5)23-27(26)20(2,3)4/h6,8,10-11,17,23H,7,9H2,1-5H3,(H,22,25)/t17-,27-/m1/s1. The van der Waals surface area contributed by atoms with Crippen LogP contribution >= 0.6 is 0 Å². The number of carbonyl (C=O) groups is 1. The predicted molar refractivity (Wildman–Crippen MR) is 107 cm³/mol. The molecule has 0 bridgehead atoms. The van der Waals surface area contributed by atoms with E-state index in [2.05, 4.69) is 10.0 Å². The fraction of sp³-hybridized carbons (Fsp3) is 0.450. The third kappa shape index (κ3) is 4.05. The lowest BCUT2D eigenvalue weighted by Crippen LogP contribution is -2.40. The molecule has 1 aromatic carbocycles. The van der Waals surface area contributed by atoms with E-state index in [-0.39, 0.29) is 22.5 Å². The minimum atomic E-state index is -1.17. The van der Waals surface area contributed by atoms with Crippen LogP contribution < -0.4 is 10.0 Å². The zero-order valence-electron chi connectivity index (χ0n) is 16.4. The van der Waals surface area contributed by atoms with Gasteiger partial charge in [0.1, 0.15) is 16.3 Å². The Hall–Kier alpha value is -1.83. The molecule has 1 aliphatic carbocycles. The largest absolute Gasteiger partial charge is 0.598 e. The van der Waals surface area contributed by atoms with Crippen molar-refractivity contribution in [3.63, 3.8) is 0 Å². The predicted octanol–water partition coefficient (Wildman–Crippen LogP) is 3.76. The molecule has 1 amide bonds. The van der Waals surface area contributed by atoms with Crippen molar-refractivity contribution in [1.29, 1.82) is 0 Å². The summed E-state index contributed by atoms with van der Waals surface area (Å²) in [6.07, 6.45) is 3.49. The van der Waals surface area contributed by atoms with E-state index in [0.29, 0.717) is 16.9 Å². The number of benzene rings is 1. The molecule has 0 spiro atoms. The van der Waals surface area contributed by atoms with Gasteiger partial charge in [0.15, 0.2) is 0 Å². The van der Waals surface area contributed by atoms with Crippen LogP contribution in [0.15, 0.2) is 24.4 Å². The number of rotatable bonds is 4. The van der Waals surface area contributed by atoms with Crippen molar-refractivity contribution in [3.8, 4) is 0 Å². The molecule has 2 atom stereocenters. The molecule has 3 rings (SSSR count). The summed E-state index contributed by atoms with van der Waals surface area (Å²) in [5.74, 6) is -0.518. The number of aromatic nitrogens is 1.